The van der Waals surface area contributed by atoms with E-state index in [9.17, 15) is 14.4 Å². The van der Waals surface area contributed by atoms with Crippen LogP contribution in [0.5, 0.6) is 5.88 Å². The van der Waals surface area contributed by atoms with Gasteiger partial charge in [0, 0.05) is 93.0 Å². The second kappa shape index (κ2) is 16.3. The number of piperazine rings is 1. The quantitative estimate of drug-likeness (QED) is 0.193. The van der Waals surface area contributed by atoms with Crippen molar-refractivity contribution in [2.75, 3.05) is 54.4 Å². The van der Waals surface area contributed by atoms with Crippen LogP contribution in [0.25, 0.3) is 22.3 Å². The van der Waals surface area contributed by atoms with Crippen molar-refractivity contribution in [3.05, 3.63) is 76.6 Å². The van der Waals surface area contributed by atoms with Crippen molar-refractivity contribution in [2.45, 2.75) is 90.3 Å². The summed E-state index contributed by atoms with van der Waals surface area (Å²) in [6, 6.07) is 13.3. The number of carbonyl (C=O) groups excluding carboxylic acids is 3. The normalized spacial score (nSPS) is 23.7. The molecule has 4 aliphatic heterocycles. The molecule has 0 unspecified atom stereocenters. The maximum atomic E-state index is 15.4. The van der Waals surface area contributed by atoms with Crippen molar-refractivity contribution < 1.29 is 27.9 Å². The van der Waals surface area contributed by atoms with Gasteiger partial charge in [-0.1, -0.05) is 0 Å². The molecule has 2 aromatic carbocycles. The predicted octanol–water partition coefficient (Wildman–Crippen LogP) is 6.49. The number of fused-ring (bicyclic) bond motifs is 9. The zero-order valence-electron chi connectivity index (χ0n) is 36.3. The Hall–Kier alpha value is -5.90. The highest BCUT2D eigenvalue weighted by atomic mass is 19.1. The van der Waals surface area contributed by atoms with E-state index >= 15 is 8.78 Å². The molecule has 3 aromatic heterocycles. The third-order valence-electron chi connectivity index (χ3n) is 14.1. The van der Waals surface area contributed by atoms with Crippen LogP contribution in [0.4, 0.5) is 26.1 Å². The number of imide groups is 1. The van der Waals surface area contributed by atoms with Gasteiger partial charge in [-0.25, -0.2) is 18.4 Å². The maximum Gasteiger partial charge on any atom is 0.258 e. The zero-order valence-corrected chi connectivity index (χ0v) is 36.3. The Morgan fingerprint density at radius 3 is 2.35 bits per heavy atom. The second-order valence-electron chi connectivity index (χ2n) is 18.4. The summed E-state index contributed by atoms with van der Waals surface area (Å²) in [5.74, 6) is -1.84. The number of halogens is 2. The van der Waals surface area contributed by atoms with E-state index in [0.717, 1.165) is 92.0 Å². The smallest absolute Gasteiger partial charge is 0.258 e. The van der Waals surface area contributed by atoms with E-state index < -0.39 is 29.4 Å². The van der Waals surface area contributed by atoms with Crippen LogP contribution in [0.1, 0.15) is 85.1 Å². The molecule has 0 spiro atoms. The molecular weight excluding hydrogens is 807 g/mol. The summed E-state index contributed by atoms with van der Waals surface area (Å²) in [7, 11) is 1.89. The van der Waals surface area contributed by atoms with Gasteiger partial charge < -0.3 is 19.1 Å². The van der Waals surface area contributed by atoms with Crippen molar-refractivity contribution in [3.8, 4) is 17.1 Å². The number of pyridine rings is 1. The van der Waals surface area contributed by atoms with Gasteiger partial charge in [0.15, 0.2) is 0 Å². The molecule has 3 saturated heterocycles. The lowest BCUT2D eigenvalue weighted by Gasteiger charge is -2.47. The summed E-state index contributed by atoms with van der Waals surface area (Å²) in [6.45, 7) is 11.3. The average molecular weight is 861 g/mol. The van der Waals surface area contributed by atoms with Gasteiger partial charge >= 0.3 is 0 Å². The Kier molecular flexibility index (Phi) is 10.7. The highest BCUT2D eigenvalue weighted by Gasteiger charge is 2.36. The molecule has 10 rings (SSSR count). The lowest BCUT2D eigenvalue weighted by molar-refractivity contribution is -0.134. The number of nitrogens with zero attached hydrogens (tertiary/aromatic N) is 8. The number of imidazole rings is 1. The van der Waals surface area contributed by atoms with Crippen molar-refractivity contribution in [1.29, 1.82) is 0 Å². The van der Waals surface area contributed by atoms with E-state index in [-0.39, 0.29) is 30.4 Å². The minimum absolute atomic E-state index is 0.0566. The van der Waals surface area contributed by atoms with Crippen LogP contribution in [0.15, 0.2) is 42.5 Å². The summed E-state index contributed by atoms with van der Waals surface area (Å²) in [5.41, 5.74) is 6.62. The standard InChI is InChI=1S/C47H54F2N10O4/c1-26-17-31-19-39(50-26)42-28(3)54-55(4)46(42)63-25-30-6-5-29(18-30)24-59-40-22-33(7-9-38(40)51-47(59)53-44(31)61)57-15-16-58(27(2)23-57)32-11-13-56(14-12-32)34-20-36(48)43(37(49)21-34)35-8-10-41(60)52-45(35)62/h7,9,17,19-22,27,29-30,32,35H,5-6,8,10-16,18,23-25H2,1-4H3,(H,51,53,61)(H,52,60,62)/t27-,29-,30+,35-/m1/s1. The lowest BCUT2D eigenvalue weighted by Crippen LogP contribution is -2.57. The molecule has 5 aliphatic rings. The molecule has 4 bridgehead atoms. The molecule has 5 aromatic rings. The van der Waals surface area contributed by atoms with Crippen LogP contribution in [0, 0.1) is 37.3 Å². The number of anilines is 3. The summed E-state index contributed by atoms with van der Waals surface area (Å²) >= 11 is 0. The molecule has 14 nitrogen and oxygen atoms in total. The zero-order chi connectivity index (χ0) is 43.7. The minimum Gasteiger partial charge on any atom is -0.477 e. The molecule has 7 heterocycles. The van der Waals surface area contributed by atoms with Gasteiger partial charge in [-0.2, -0.15) is 5.10 Å². The number of carbonyl (C=O) groups is 3. The molecule has 16 heteroatoms. The van der Waals surface area contributed by atoms with E-state index in [4.69, 9.17) is 14.7 Å². The number of aromatic nitrogens is 5. The van der Waals surface area contributed by atoms with Crippen LogP contribution >= 0.6 is 0 Å². The number of ether oxygens (including phenoxy) is 1. The molecule has 4 atom stereocenters. The van der Waals surface area contributed by atoms with Gasteiger partial charge in [0.1, 0.15) is 11.6 Å². The third kappa shape index (κ3) is 7.80. The first-order chi connectivity index (χ1) is 30.4. The van der Waals surface area contributed by atoms with Crippen molar-refractivity contribution in [3.63, 3.8) is 0 Å². The van der Waals surface area contributed by atoms with Crippen LogP contribution < -0.4 is 25.2 Å². The first kappa shape index (κ1) is 41.1. The van der Waals surface area contributed by atoms with E-state index in [1.807, 2.05) is 31.9 Å². The first-order valence-electron chi connectivity index (χ1n) is 22.4. The average Bonchev–Trinajstić information content (AvgIpc) is 3.93. The van der Waals surface area contributed by atoms with Gasteiger partial charge in [0.05, 0.1) is 40.5 Å². The predicted molar refractivity (Wildman–Crippen MR) is 235 cm³/mol. The molecule has 3 amide bonds. The van der Waals surface area contributed by atoms with Crippen LogP contribution in [0.3, 0.4) is 0 Å². The topological polar surface area (TPSA) is 143 Å². The van der Waals surface area contributed by atoms with Crippen molar-refractivity contribution >= 4 is 46.1 Å². The van der Waals surface area contributed by atoms with Gasteiger partial charge in [-0.05, 0) is 114 Å². The minimum atomic E-state index is -1.01. The SMILES string of the molecule is Cc1cc2cc(n1)-c1c(C)nn(C)c1OC[C@H]1CC[C@H](C1)Cn1c(nc3ccc(N4CCN(C5CCN(c6cc(F)c([C@H]7CCC(=O)NC7=O)c(F)c6)CC5)[C@H](C)C4)cc31)NC2=O. The monoisotopic (exact) mass is 860 g/mol. The van der Waals surface area contributed by atoms with Gasteiger partial charge in [-0.3, -0.25) is 34.9 Å². The van der Waals surface area contributed by atoms with Crippen LogP contribution in [-0.4, -0.2) is 98.4 Å². The van der Waals surface area contributed by atoms with Gasteiger partial charge in [-0.15, -0.1) is 0 Å². The molecule has 63 heavy (non-hydrogen) atoms. The van der Waals surface area contributed by atoms with Crippen LogP contribution in [-0.2, 0) is 23.2 Å². The number of nitrogens with one attached hydrogen (secondary N) is 2. The number of amides is 3. The van der Waals surface area contributed by atoms with Gasteiger partial charge in [0.25, 0.3) is 5.91 Å². The fraction of sp³-hybridized carbons (Fsp3) is 0.489. The highest BCUT2D eigenvalue weighted by Crippen LogP contribution is 2.39. The molecule has 2 N–H and O–H groups in total. The Morgan fingerprint density at radius 1 is 0.810 bits per heavy atom. The molecule has 4 fully saturated rings. The molecular formula is C47H54F2N10O4. The van der Waals surface area contributed by atoms with Crippen LogP contribution in [0.2, 0.25) is 0 Å². The molecule has 1 aliphatic carbocycles. The van der Waals surface area contributed by atoms with E-state index in [1.165, 1.54) is 12.1 Å². The van der Waals surface area contributed by atoms with E-state index in [2.05, 4.69) is 55.2 Å². The van der Waals surface area contributed by atoms with Crippen molar-refractivity contribution in [1.82, 2.24) is 34.5 Å². The fourth-order valence-corrected chi connectivity index (χ4v) is 11.0. The Labute approximate surface area is 365 Å². The fourth-order valence-electron chi connectivity index (χ4n) is 11.0. The summed E-state index contributed by atoms with van der Waals surface area (Å²) < 4.78 is 41.2. The third-order valence-corrected chi connectivity index (χ3v) is 14.1. The van der Waals surface area contributed by atoms with Gasteiger partial charge in [0.2, 0.25) is 23.6 Å². The number of benzene rings is 2. The Morgan fingerprint density at radius 2 is 1.59 bits per heavy atom. The number of hydrogen-bond donors (Lipinski definition) is 2. The summed E-state index contributed by atoms with van der Waals surface area (Å²) in [4.78, 5) is 54.9. The molecule has 1 saturated carbocycles. The number of hydrogen-bond acceptors (Lipinski definition) is 10. The van der Waals surface area contributed by atoms with E-state index in [0.29, 0.717) is 66.3 Å². The molecule has 330 valence electrons. The number of piperidine rings is 2. The van der Waals surface area contributed by atoms with Crippen molar-refractivity contribution in [2.24, 2.45) is 18.9 Å². The summed E-state index contributed by atoms with van der Waals surface area (Å²) in [5, 5.41) is 10.0. The Bertz CT molecular complexity index is 2610. The number of rotatable bonds is 4. The summed E-state index contributed by atoms with van der Waals surface area (Å²) in [6.07, 6.45) is 4.99. The highest BCUT2D eigenvalue weighted by molar-refractivity contribution is 6.05. The largest absolute Gasteiger partial charge is 0.477 e. The maximum absolute atomic E-state index is 15.4. The first-order valence-corrected chi connectivity index (χ1v) is 22.4. The lowest BCUT2D eigenvalue weighted by atomic mass is 9.89. The molecule has 0 radical (unpaired) electrons. The Balaban J connectivity index is 0.843. The van der Waals surface area contributed by atoms with E-state index in [1.54, 1.807) is 10.7 Å². The second-order valence-corrected chi connectivity index (χ2v) is 18.4. The number of aryl methyl sites for hydroxylation is 3.